The Morgan fingerprint density at radius 1 is 0.420 bits per heavy atom. The zero-order valence-corrected chi connectivity index (χ0v) is 49.7. The van der Waals surface area contributed by atoms with Crippen molar-refractivity contribution in [3.05, 3.63) is 83.9 Å². The zero-order chi connectivity index (χ0) is 64.8. The fourth-order valence-corrected chi connectivity index (χ4v) is 11.2. The third-order valence-corrected chi connectivity index (χ3v) is 16.7. The van der Waals surface area contributed by atoms with Gasteiger partial charge in [-0.15, -0.1) is 0 Å². The van der Waals surface area contributed by atoms with Crippen molar-refractivity contribution in [1.82, 2.24) is 29.9 Å². The van der Waals surface area contributed by atoms with Gasteiger partial charge in [-0.1, -0.05) is 24.3 Å². The van der Waals surface area contributed by atoms with Gasteiger partial charge >= 0.3 is 0 Å². The molecule has 0 unspecified atom stereocenters. The summed E-state index contributed by atoms with van der Waals surface area (Å²) in [7, 11) is -30.7. The predicted octanol–water partition coefficient (Wildman–Crippen LogP) is 2.14. The van der Waals surface area contributed by atoms with Crippen LogP contribution in [-0.4, -0.2) is 184 Å². The molecule has 12 N–H and O–H groups in total. The van der Waals surface area contributed by atoms with Crippen molar-refractivity contribution >= 4 is 131 Å². The summed E-state index contributed by atoms with van der Waals surface area (Å²) in [6.07, 6.45) is 1.73. The van der Waals surface area contributed by atoms with Crippen molar-refractivity contribution in [3.63, 3.8) is 0 Å². The molecular formula is C46H50N14O22S6. The maximum atomic E-state index is 13.0. The molecule has 0 saturated heterocycles. The molecule has 2 heterocycles. The number of aliphatic hydroxyl groups is 2. The van der Waals surface area contributed by atoms with Crippen LogP contribution in [0.1, 0.15) is 24.0 Å². The molecule has 6 rings (SSSR count). The van der Waals surface area contributed by atoms with Crippen molar-refractivity contribution < 1.29 is 97.5 Å². The summed E-state index contributed by atoms with van der Waals surface area (Å²) in [6, 6.07) is 14.0. The molecule has 0 bridgehead atoms. The minimum absolute atomic E-state index is 0.0650. The Morgan fingerprint density at radius 2 is 0.761 bits per heavy atom. The highest BCUT2D eigenvalue weighted by Crippen LogP contribution is 2.33. The maximum Gasteiger partial charge on any atom is 0.296 e. The number of rotatable bonds is 32. The average molecular weight is 1340 g/mol. The Labute approximate surface area is 501 Å². The molecule has 0 aliphatic carbocycles. The number of ether oxygens (including phenoxy) is 2. The van der Waals surface area contributed by atoms with Crippen LogP contribution < -0.4 is 31.1 Å². The Balaban J connectivity index is 1.40. The van der Waals surface area contributed by atoms with E-state index in [2.05, 4.69) is 51.2 Å². The van der Waals surface area contributed by atoms with E-state index in [0.717, 1.165) is 36.4 Å². The van der Waals surface area contributed by atoms with Gasteiger partial charge in [0.25, 0.3) is 60.7 Å². The molecule has 0 amide bonds. The Kier molecular flexibility index (Phi) is 22.8. The number of nitrogens with zero attached hydrogens (tertiary/aromatic N) is 10. The van der Waals surface area contributed by atoms with E-state index in [1.54, 1.807) is 0 Å². The molecule has 6 aromatic rings. The fourth-order valence-electron chi connectivity index (χ4n) is 7.52. The Hall–Kier alpha value is -8.28. The first-order chi connectivity index (χ1) is 41.2. The minimum Gasteiger partial charge on any atom is -0.394 e. The summed E-state index contributed by atoms with van der Waals surface area (Å²) < 4.78 is 221. The third kappa shape index (κ3) is 19.6. The van der Waals surface area contributed by atoms with Crippen LogP contribution in [0.4, 0.5) is 58.4 Å². The number of benzene rings is 4. The van der Waals surface area contributed by atoms with Crippen LogP contribution in [0.2, 0.25) is 0 Å². The second kappa shape index (κ2) is 29.1. The summed E-state index contributed by atoms with van der Waals surface area (Å²) in [4.78, 5) is 22.9. The van der Waals surface area contributed by atoms with E-state index in [9.17, 15) is 98.6 Å². The van der Waals surface area contributed by atoms with Gasteiger partial charge in [-0.05, 0) is 71.8 Å². The van der Waals surface area contributed by atoms with Crippen LogP contribution in [0.15, 0.2) is 102 Å². The van der Waals surface area contributed by atoms with Crippen LogP contribution in [0.5, 0.6) is 0 Å². The van der Waals surface area contributed by atoms with Crippen LogP contribution in [0.3, 0.4) is 0 Å². The van der Waals surface area contributed by atoms with Crippen molar-refractivity contribution in [2.24, 2.45) is 0 Å². The first-order valence-electron chi connectivity index (χ1n) is 24.5. The number of aromatic nitrogens is 6. The zero-order valence-electron chi connectivity index (χ0n) is 44.8. The highest BCUT2D eigenvalue weighted by atomic mass is 32.2. The van der Waals surface area contributed by atoms with E-state index in [4.69, 9.17) is 9.47 Å². The Morgan fingerprint density at radius 3 is 1.07 bits per heavy atom. The monoisotopic (exact) mass is 1340 g/mol. The number of hydrogen-bond donors (Lipinski definition) is 12. The van der Waals surface area contributed by atoms with Crippen LogP contribution in [0, 0.1) is 22.7 Å². The second-order valence-electron chi connectivity index (χ2n) is 17.5. The summed E-state index contributed by atoms with van der Waals surface area (Å²) in [6.45, 7) is -1.39. The molecule has 0 aliphatic rings. The predicted molar refractivity (Wildman–Crippen MR) is 307 cm³/mol. The van der Waals surface area contributed by atoms with E-state index < -0.39 is 125 Å². The molecule has 0 atom stereocenters. The van der Waals surface area contributed by atoms with Gasteiger partial charge in [0, 0.05) is 37.6 Å². The van der Waals surface area contributed by atoms with E-state index in [1.807, 2.05) is 12.1 Å². The third-order valence-electron chi connectivity index (χ3n) is 11.4. The van der Waals surface area contributed by atoms with Gasteiger partial charge in [0.15, 0.2) is 0 Å². The van der Waals surface area contributed by atoms with Crippen molar-refractivity contribution in [2.45, 2.75) is 42.2 Å². The lowest BCUT2D eigenvalue weighted by molar-refractivity contribution is 0.0965. The van der Waals surface area contributed by atoms with Gasteiger partial charge in [-0.25, -0.2) is 0 Å². The van der Waals surface area contributed by atoms with Gasteiger partial charge in [-0.3, -0.25) is 27.3 Å². The highest BCUT2D eigenvalue weighted by Gasteiger charge is 2.26. The lowest BCUT2D eigenvalue weighted by atomic mass is 10.1. The largest absolute Gasteiger partial charge is 0.394 e. The lowest BCUT2D eigenvalue weighted by Gasteiger charge is -2.22. The maximum absolute atomic E-state index is 13.0. The van der Waals surface area contributed by atoms with Gasteiger partial charge in [0.2, 0.25) is 35.7 Å². The topological polar surface area (TPSA) is 565 Å². The highest BCUT2D eigenvalue weighted by molar-refractivity contribution is 7.87. The molecule has 0 saturated carbocycles. The number of aliphatic hydroxyl groups excluding tert-OH is 2. The molecule has 42 heteroatoms. The Bertz CT molecular complexity index is 4130. The van der Waals surface area contributed by atoms with Crippen LogP contribution in [0.25, 0.3) is 12.2 Å². The number of anilines is 10. The summed E-state index contributed by atoms with van der Waals surface area (Å²) in [5.41, 5.74) is -2.45. The first kappa shape index (κ1) is 68.8. The first-order valence-corrected chi connectivity index (χ1v) is 33.2. The quantitative estimate of drug-likeness (QED) is 0.0163. The van der Waals surface area contributed by atoms with Crippen molar-refractivity contribution in [1.29, 1.82) is 10.5 Å². The summed E-state index contributed by atoms with van der Waals surface area (Å²) in [5, 5.41) is 47.5. The molecule has 472 valence electrons. The fraction of sp³-hybridized carbons (Fsp3) is 0.261. The number of nitrogens with one attached hydrogen (secondary N) is 4. The normalized spacial score (nSPS) is 12.3. The summed E-state index contributed by atoms with van der Waals surface area (Å²) >= 11 is 0. The number of nitriles is 2. The molecule has 4 aromatic carbocycles. The van der Waals surface area contributed by atoms with E-state index in [0.29, 0.717) is 36.4 Å². The summed E-state index contributed by atoms with van der Waals surface area (Å²) in [5.74, 6) is -2.74. The standard InChI is InChI=1S/C46H50N14O22S6/c47-13-1-15-59(17-21-81-23-19-61)45-55-41(53-43(57-45)51-35-27-33(83(63,64)65)9-11-37(35)85(69,70)71)49-31-7-5-29(39(25-31)87(75,76)77)3-4-30-6-8-32(26-40(30)88(78,79)80)50-42-54-44(58-46(56-42)60(16-2-14-48)18-22-82-24-20-62)52-36-28-34(84(66,67)68)10-12-38(36)86(72,73)74/h3-12,25-28,61-62H,1-2,15-24H2,(H,63,64,65)(H,66,67,68)(H,69,70,71)(H,72,73,74)(H,75,76,77)(H,78,79,80)(H2,49,51,53,55,57)(H2,50,52,54,56,58). The lowest BCUT2D eigenvalue weighted by Crippen LogP contribution is -2.31. The molecular weight excluding hydrogens is 1290 g/mol. The molecule has 0 fully saturated rings. The number of hydrogen-bond acceptors (Lipinski definition) is 30. The van der Waals surface area contributed by atoms with Crippen LogP contribution >= 0.6 is 0 Å². The molecule has 36 nitrogen and oxygen atoms in total. The van der Waals surface area contributed by atoms with Crippen molar-refractivity contribution in [3.8, 4) is 12.1 Å². The van der Waals surface area contributed by atoms with E-state index in [-0.39, 0.29) is 113 Å². The molecule has 2 aromatic heterocycles. The van der Waals surface area contributed by atoms with Gasteiger partial charge in [-0.2, -0.15) is 90.9 Å². The average Bonchev–Trinajstić information content (AvgIpc) is 3.30. The van der Waals surface area contributed by atoms with E-state index in [1.165, 1.54) is 21.9 Å². The molecule has 88 heavy (non-hydrogen) atoms. The molecule has 0 aliphatic heterocycles. The second-order valence-corrected chi connectivity index (χ2v) is 25.9. The van der Waals surface area contributed by atoms with Gasteiger partial charge in [0.1, 0.15) is 19.6 Å². The molecule has 0 spiro atoms. The SMILES string of the molecule is N#CCCN(CCOCCO)c1nc(Nc2ccc(C=Cc3ccc(Nc4nc(Nc5cc(S(=O)(=O)O)ccc5S(=O)(=O)O)nc(N(CCC#N)CCOCCO)n4)cc3S(=O)(=O)O)c(S(=O)(=O)O)c2)nc(Nc2cc(S(=O)(=O)O)ccc2S(=O)(=O)O)n1. The van der Waals surface area contributed by atoms with Crippen LogP contribution in [-0.2, 0) is 70.2 Å². The van der Waals surface area contributed by atoms with Crippen molar-refractivity contribution in [2.75, 3.05) is 96.9 Å². The van der Waals surface area contributed by atoms with Gasteiger partial charge < -0.3 is 50.8 Å². The van der Waals surface area contributed by atoms with Gasteiger partial charge in [0.05, 0.1) is 85.8 Å². The smallest absolute Gasteiger partial charge is 0.296 e. The molecule has 0 radical (unpaired) electrons. The minimum atomic E-state index is -5.22. The van der Waals surface area contributed by atoms with E-state index >= 15 is 0 Å².